The van der Waals surface area contributed by atoms with Crippen LogP contribution in [-0.2, 0) is 11.2 Å². The summed E-state index contributed by atoms with van der Waals surface area (Å²) in [6, 6.07) is 5.39. The van der Waals surface area contributed by atoms with Gasteiger partial charge in [-0.15, -0.1) is 0 Å². The molecule has 4 aromatic rings. The van der Waals surface area contributed by atoms with E-state index in [2.05, 4.69) is 15.0 Å². The topological polar surface area (TPSA) is 104 Å². The number of carbonyl (C=O) groups excluding carboxylic acids is 1. The molecule has 1 N–H and O–H groups in total. The van der Waals surface area contributed by atoms with E-state index >= 15 is 8.78 Å². The lowest BCUT2D eigenvalue weighted by Gasteiger charge is -2.34. The number of phenolic OH excluding ortho intramolecular Hbond substituents is 1. The number of hydrogen-bond donors (Lipinski definition) is 1. The molecule has 0 saturated carbocycles. The molecule has 3 saturated heterocycles. The molecule has 1 amide bonds. The van der Waals surface area contributed by atoms with Gasteiger partial charge in [0.2, 0.25) is 0 Å². The first-order valence-corrected chi connectivity index (χ1v) is 15.8. The number of fused-ring (bicyclic) bond motifs is 5. The van der Waals surface area contributed by atoms with Gasteiger partial charge in [0.05, 0.1) is 24.1 Å². The summed E-state index contributed by atoms with van der Waals surface area (Å²) < 4.78 is 71.9. The second-order valence-electron chi connectivity index (χ2n) is 13.0. The first kappa shape index (κ1) is 29.9. The highest BCUT2D eigenvalue weighted by molar-refractivity contribution is 6.01. The highest BCUT2D eigenvalue weighted by atomic mass is 19.3. The largest absolute Gasteiger partial charge is 0.508 e. The van der Waals surface area contributed by atoms with Crippen LogP contribution in [0.5, 0.6) is 11.8 Å². The molecule has 6 bridgehead atoms. The molecule has 14 heteroatoms. The minimum atomic E-state index is -2.84. The van der Waals surface area contributed by atoms with Crippen molar-refractivity contribution in [3.05, 3.63) is 47.7 Å². The summed E-state index contributed by atoms with van der Waals surface area (Å²) in [6.07, 6.45) is 3.08. The van der Waals surface area contributed by atoms with E-state index in [0.29, 0.717) is 55.6 Å². The first-order valence-electron chi connectivity index (χ1n) is 15.8. The Kier molecular flexibility index (Phi) is 7.04. The van der Waals surface area contributed by atoms with Gasteiger partial charge in [-0.1, -0.05) is 6.07 Å². The number of halogens is 4. The van der Waals surface area contributed by atoms with Crippen LogP contribution in [-0.4, -0.2) is 93.5 Å². The molecule has 7 heterocycles. The molecule has 5 aliphatic heterocycles. The maximum absolute atomic E-state index is 16.8. The molecule has 2 aromatic carbocycles. The summed E-state index contributed by atoms with van der Waals surface area (Å²) in [7, 11) is 0. The van der Waals surface area contributed by atoms with Crippen LogP contribution >= 0.6 is 0 Å². The van der Waals surface area contributed by atoms with Gasteiger partial charge in [0, 0.05) is 44.4 Å². The van der Waals surface area contributed by atoms with Gasteiger partial charge >= 0.3 is 12.1 Å². The van der Waals surface area contributed by atoms with Gasteiger partial charge in [0.15, 0.2) is 5.82 Å². The molecule has 0 unspecified atom stereocenters. The number of aromatic hydroxyl groups is 1. The van der Waals surface area contributed by atoms with Crippen molar-refractivity contribution in [1.82, 2.24) is 24.8 Å². The zero-order chi connectivity index (χ0) is 32.5. The monoisotopic (exact) mass is 652 g/mol. The van der Waals surface area contributed by atoms with E-state index in [9.17, 15) is 18.7 Å². The molecule has 1 atom stereocenters. The number of piperidine rings is 2. The number of anilines is 1. The molecule has 1 spiro atoms. The molecular weight excluding hydrogens is 620 g/mol. The fraction of sp³-hybridized carbons (Fsp3) is 0.455. The van der Waals surface area contributed by atoms with Gasteiger partial charge in [-0.25, -0.2) is 22.4 Å². The Hall–Kier alpha value is -4.46. The minimum absolute atomic E-state index is 0.0631. The van der Waals surface area contributed by atoms with Gasteiger partial charge in [-0.3, -0.25) is 14.8 Å². The number of pyridine rings is 1. The van der Waals surface area contributed by atoms with Crippen molar-refractivity contribution in [2.24, 2.45) is 0 Å². The number of aryl methyl sites for hydroxylation is 1. The summed E-state index contributed by atoms with van der Waals surface area (Å²) in [5, 5.41) is 11.7. The Morgan fingerprint density at radius 2 is 1.87 bits per heavy atom. The summed E-state index contributed by atoms with van der Waals surface area (Å²) in [5.74, 6) is -4.02. The van der Waals surface area contributed by atoms with E-state index in [1.165, 1.54) is 35.4 Å². The number of nitrogens with zero attached hydrogens (tertiary/aromatic N) is 6. The van der Waals surface area contributed by atoms with Gasteiger partial charge in [-0.2, -0.15) is 9.97 Å². The molecule has 3 fully saturated rings. The second-order valence-corrected chi connectivity index (χ2v) is 13.0. The van der Waals surface area contributed by atoms with Crippen LogP contribution in [0.2, 0.25) is 0 Å². The van der Waals surface area contributed by atoms with E-state index in [4.69, 9.17) is 9.47 Å². The van der Waals surface area contributed by atoms with E-state index in [-0.39, 0.29) is 65.7 Å². The molecule has 47 heavy (non-hydrogen) atoms. The third-order valence-corrected chi connectivity index (χ3v) is 9.69. The van der Waals surface area contributed by atoms with Gasteiger partial charge in [-0.05, 0) is 66.6 Å². The Morgan fingerprint density at radius 3 is 2.72 bits per heavy atom. The number of carbonyl (C=O) groups is 1. The zero-order valence-corrected chi connectivity index (χ0v) is 25.4. The summed E-state index contributed by atoms with van der Waals surface area (Å²) in [4.78, 5) is 31.7. The lowest BCUT2D eigenvalue weighted by molar-refractivity contribution is -0.0798. The van der Waals surface area contributed by atoms with Gasteiger partial charge in [0.1, 0.15) is 35.3 Å². The molecule has 5 aliphatic rings. The number of amides is 1. The van der Waals surface area contributed by atoms with E-state index in [1.54, 1.807) is 4.90 Å². The first-order chi connectivity index (χ1) is 22.6. The van der Waals surface area contributed by atoms with Crippen molar-refractivity contribution in [2.45, 2.75) is 50.0 Å². The number of aromatic nitrogens is 3. The van der Waals surface area contributed by atoms with Crippen molar-refractivity contribution >= 4 is 33.6 Å². The fourth-order valence-corrected chi connectivity index (χ4v) is 7.40. The Labute approximate surface area is 266 Å². The highest BCUT2D eigenvalue weighted by Gasteiger charge is 2.57. The molecule has 10 nitrogen and oxygen atoms in total. The van der Waals surface area contributed by atoms with Crippen molar-refractivity contribution in [2.75, 3.05) is 51.0 Å². The molecular formula is C33H32F4N6O4. The maximum Gasteiger partial charge on any atom is 0.410 e. The van der Waals surface area contributed by atoms with Crippen LogP contribution in [0.25, 0.3) is 32.9 Å². The highest BCUT2D eigenvalue weighted by Crippen LogP contribution is 2.44. The summed E-state index contributed by atoms with van der Waals surface area (Å²) in [5.41, 5.74) is -0.328. The number of alkyl halides is 2. The molecule has 0 radical (unpaired) electrons. The zero-order valence-electron chi connectivity index (χ0n) is 25.4. The van der Waals surface area contributed by atoms with Gasteiger partial charge < -0.3 is 19.5 Å². The van der Waals surface area contributed by atoms with Gasteiger partial charge in [0.25, 0.3) is 5.92 Å². The van der Waals surface area contributed by atoms with Crippen LogP contribution < -0.4 is 9.64 Å². The Bertz CT molecular complexity index is 1930. The molecule has 2 aromatic heterocycles. The Morgan fingerprint density at radius 1 is 1.02 bits per heavy atom. The van der Waals surface area contributed by atoms with E-state index in [0.717, 1.165) is 12.8 Å². The molecule has 9 rings (SSSR count). The average molecular weight is 653 g/mol. The number of rotatable bonds is 3. The van der Waals surface area contributed by atoms with E-state index in [1.807, 2.05) is 4.90 Å². The third kappa shape index (κ3) is 5.31. The van der Waals surface area contributed by atoms with Crippen LogP contribution in [0, 0.1) is 11.6 Å². The summed E-state index contributed by atoms with van der Waals surface area (Å²) in [6.45, 7) is 1.22. The molecule has 246 valence electrons. The lowest BCUT2D eigenvalue weighted by atomic mass is 9.93. The number of likely N-dealkylation sites (tertiary alicyclic amines) is 1. The predicted octanol–water partition coefficient (Wildman–Crippen LogP) is 5.63. The number of hydrogen-bond acceptors (Lipinski definition) is 9. The van der Waals surface area contributed by atoms with Crippen molar-refractivity contribution in [3.63, 3.8) is 0 Å². The van der Waals surface area contributed by atoms with Crippen LogP contribution in [0.4, 0.5) is 28.2 Å². The van der Waals surface area contributed by atoms with E-state index < -0.39 is 35.7 Å². The van der Waals surface area contributed by atoms with Crippen LogP contribution in [0.1, 0.15) is 37.7 Å². The van der Waals surface area contributed by atoms with Crippen LogP contribution in [0.3, 0.4) is 0 Å². The second kappa shape index (κ2) is 11.1. The minimum Gasteiger partial charge on any atom is -0.508 e. The van der Waals surface area contributed by atoms with Crippen LogP contribution in [0.15, 0.2) is 30.5 Å². The maximum atomic E-state index is 16.8. The SMILES string of the molecule is O=C1OCCCc2c(F)ccc3cc(O)cc(c23)-c2ncc3c(nc(OCN4CCCC(F)(F)C4)nc3c2F)N2CCC[C@@]3(C2)CN13. The van der Waals surface area contributed by atoms with Crippen molar-refractivity contribution in [1.29, 1.82) is 0 Å². The van der Waals surface area contributed by atoms with Crippen molar-refractivity contribution < 1.29 is 36.9 Å². The number of ether oxygens (including phenoxy) is 2. The summed E-state index contributed by atoms with van der Waals surface area (Å²) >= 11 is 0. The smallest absolute Gasteiger partial charge is 0.410 e. The molecule has 0 aliphatic carbocycles. The number of phenols is 1. The lowest BCUT2D eigenvalue weighted by Crippen LogP contribution is -2.45. The Balaban J connectivity index is 1.30. The van der Waals surface area contributed by atoms with Crippen molar-refractivity contribution in [3.8, 4) is 23.0 Å². The third-order valence-electron chi connectivity index (χ3n) is 9.69. The standard InChI is InChI=1S/C33H32F4N6O4/c34-24-6-5-19-12-20(44)13-22-25(19)21(24)4-1-11-46-31(45)43-16-32(43)7-2-10-42(15-32)29-23-14-38-27(22)26(35)28(23)39-30(40-29)47-18-41-9-3-8-33(36,37)17-41/h5-6,12-14,44H,1-4,7-11,15-18H2/t32-,43?/m1/s1. The normalized spacial score (nSPS) is 22.8. The number of benzene rings is 2. The quantitative estimate of drug-likeness (QED) is 0.223. The predicted molar refractivity (Wildman–Crippen MR) is 164 cm³/mol. The average Bonchev–Trinajstić information content (AvgIpc) is 3.73. The fourth-order valence-electron chi connectivity index (χ4n) is 7.40.